The number of aryl methyl sites for hydroxylation is 2. The maximum absolute atomic E-state index is 12.7. The summed E-state index contributed by atoms with van der Waals surface area (Å²) in [5.41, 5.74) is 0.834. The monoisotopic (exact) mass is 445 g/mol. The largest absolute Gasteiger partial charge is 0.455 e. The Morgan fingerprint density at radius 1 is 1.32 bits per heavy atom. The van der Waals surface area contributed by atoms with Gasteiger partial charge in [-0.1, -0.05) is 6.07 Å². The molecule has 3 rings (SSSR count). The predicted molar refractivity (Wildman–Crippen MR) is 110 cm³/mol. The van der Waals surface area contributed by atoms with E-state index in [1.165, 1.54) is 16.6 Å². The standard InChI is InChI=1S/C20H23N5O5S/c1-14-22-19(12-24(14)2)31(28,29)25-8-6-16(7-9-25)20(27)30-13-18(26)23-17-5-3-4-15(10-17)11-21/h3-5,10,12,16H,6-9,13H2,1-2H3,(H,23,26). The minimum atomic E-state index is -3.72. The van der Waals surface area contributed by atoms with Crippen molar-refractivity contribution in [3.63, 3.8) is 0 Å². The van der Waals surface area contributed by atoms with Gasteiger partial charge in [0.1, 0.15) is 5.82 Å². The van der Waals surface area contributed by atoms with E-state index in [-0.39, 0.29) is 18.1 Å². The van der Waals surface area contributed by atoms with Crippen molar-refractivity contribution in [2.75, 3.05) is 25.0 Å². The Morgan fingerprint density at radius 3 is 2.65 bits per heavy atom. The van der Waals surface area contributed by atoms with Crippen molar-refractivity contribution in [2.24, 2.45) is 13.0 Å². The van der Waals surface area contributed by atoms with Gasteiger partial charge in [0.25, 0.3) is 15.9 Å². The van der Waals surface area contributed by atoms with Crippen LogP contribution in [0.2, 0.25) is 0 Å². The third-order valence-corrected chi connectivity index (χ3v) is 6.87. The van der Waals surface area contributed by atoms with Crippen LogP contribution in [-0.2, 0) is 31.4 Å². The molecule has 0 bridgehead atoms. The number of rotatable bonds is 6. The Labute approximate surface area is 180 Å². The van der Waals surface area contributed by atoms with Crippen molar-refractivity contribution in [1.82, 2.24) is 13.9 Å². The number of piperidine rings is 1. The lowest BCUT2D eigenvalue weighted by Crippen LogP contribution is -2.41. The minimum Gasteiger partial charge on any atom is -0.455 e. The second-order valence-corrected chi connectivity index (χ2v) is 9.15. The van der Waals surface area contributed by atoms with Gasteiger partial charge in [0.2, 0.25) is 0 Å². The van der Waals surface area contributed by atoms with Gasteiger partial charge in [-0.3, -0.25) is 9.59 Å². The third kappa shape index (κ3) is 5.28. The average molecular weight is 446 g/mol. The highest BCUT2D eigenvalue weighted by Gasteiger charge is 2.34. The molecule has 11 heteroatoms. The molecule has 0 aliphatic carbocycles. The number of anilines is 1. The van der Waals surface area contributed by atoms with Gasteiger partial charge in [0, 0.05) is 32.0 Å². The van der Waals surface area contributed by atoms with Crippen molar-refractivity contribution in [3.05, 3.63) is 41.9 Å². The summed E-state index contributed by atoms with van der Waals surface area (Å²) >= 11 is 0. The molecule has 0 spiro atoms. The first-order valence-corrected chi connectivity index (χ1v) is 11.1. The lowest BCUT2D eigenvalue weighted by Gasteiger charge is -2.29. The fraction of sp³-hybridized carbons (Fsp3) is 0.400. The second kappa shape index (κ2) is 9.28. The third-order valence-electron chi connectivity index (χ3n) is 5.10. The molecule has 1 N–H and O–H groups in total. The molecule has 1 aromatic heterocycles. The maximum atomic E-state index is 12.7. The van der Waals surface area contributed by atoms with Crippen molar-refractivity contribution >= 4 is 27.6 Å². The SMILES string of the molecule is Cc1nc(S(=O)(=O)N2CCC(C(=O)OCC(=O)Nc3cccc(C#N)c3)CC2)cn1C. The van der Waals surface area contributed by atoms with Crippen LogP contribution >= 0.6 is 0 Å². The highest BCUT2D eigenvalue weighted by atomic mass is 32.2. The van der Waals surface area contributed by atoms with Crippen molar-refractivity contribution in [2.45, 2.75) is 24.8 Å². The number of hydrogen-bond donors (Lipinski definition) is 1. The molecule has 0 saturated carbocycles. The van der Waals surface area contributed by atoms with E-state index in [1.54, 1.807) is 36.7 Å². The molecule has 0 radical (unpaired) electrons. The molecular weight excluding hydrogens is 422 g/mol. The molecule has 1 aromatic carbocycles. The fourth-order valence-corrected chi connectivity index (χ4v) is 4.73. The van der Waals surface area contributed by atoms with Gasteiger partial charge >= 0.3 is 5.97 Å². The van der Waals surface area contributed by atoms with Crippen LogP contribution in [0.5, 0.6) is 0 Å². The van der Waals surface area contributed by atoms with Crippen LogP contribution < -0.4 is 5.32 Å². The van der Waals surface area contributed by atoms with Gasteiger partial charge in [-0.25, -0.2) is 13.4 Å². The molecule has 31 heavy (non-hydrogen) atoms. The molecule has 0 unspecified atom stereocenters. The van der Waals surface area contributed by atoms with Crippen molar-refractivity contribution < 1.29 is 22.7 Å². The lowest BCUT2D eigenvalue weighted by atomic mass is 9.98. The van der Waals surface area contributed by atoms with Gasteiger partial charge in [-0.15, -0.1) is 0 Å². The number of imidazole rings is 1. The second-order valence-electron chi connectivity index (χ2n) is 7.26. The van der Waals surface area contributed by atoms with Crippen LogP contribution in [0.4, 0.5) is 5.69 Å². The number of nitriles is 1. The molecule has 1 aliphatic rings. The van der Waals surface area contributed by atoms with E-state index in [9.17, 15) is 18.0 Å². The number of hydrogen-bond acceptors (Lipinski definition) is 7. The van der Waals surface area contributed by atoms with E-state index in [0.29, 0.717) is 29.9 Å². The molecule has 1 fully saturated rings. The highest BCUT2D eigenvalue weighted by molar-refractivity contribution is 7.89. The van der Waals surface area contributed by atoms with Gasteiger partial charge in [0.15, 0.2) is 11.6 Å². The predicted octanol–water partition coefficient (Wildman–Crippen LogP) is 1.18. The summed E-state index contributed by atoms with van der Waals surface area (Å²) in [6, 6.07) is 8.35. The first-order valence-electron chi connectivity index (χ1n) is 9.67. The molecule has 0 atom stereocenters. The van der Waals surface area contributed by atoms with Crippen LogP contribution in [-0.4, -0.2) is 53.8 Å². The van der Waals surface area contributed by atoms with Gasteiger partial charge in [-0.05, 0) is 38.0 Å². The van der Waals surface area contributed by atoms with E-state index >= 15 is 0 Å². The summed E-state index contributed by atoms with van der Waals surface area (Å²) in [6.45, 7) is 1.61. The number of nitrogens with one attached hydrogen (secondary N) is 1. The zero-order valence-electron chi connectivity index (χ0n) is 17.2. The van der Waals surface area contributed by atoms with E-state index < -0.39 is 34.4 Å². The maximum Gasteiger partial charge on any atom is 0.309 e. The van der Waals surface area contributed by atoms with Crippen molar-refractivity contribution in [3.8, 4) is 6.07 Å². The highest BCUT2D eigenvalue weighted by Crippen LogP contribution is 2.24. The first-order chi connectivity index (χ1) is 14.7. The number of sulfonamides is 1. The summed E-state index contributed by atoms with van der Waals surface area (Å²) in [5, 5.41) is 11.4. The zero-order chi connectivity index (χ0) is 22.6. The summed E-state index contributed by atoms with van der Waals surface area (Å²) in [4.78, 5) is 28.4. The topological polar surface area (TPSA) is 134 Å². The quantitative estimate of drug-likeness (QED) is 0.660. The fourth-order valence-electron chi connectivity index (χ4n) is 3.23. The van der Waals surface area contributed by atoms with Crippen LogP contribution in [0, 0.1) is 24.2 Å². The number of ether oxygens (including phenoxy) is 1. The van der Waals surface area contributed by atoms with Crippen LogP contribution in [0.1, 0.15) is 24.2 Å². The summed E-state index contributed by atoms with van der Waals surface area (Å²) in [7, 11) is -1.99. The normalized spacial score (nSPS) is 15.3. The molecule has 164 valence electrons. The minimum absolute atomic E-state index is 0.00864. The van der Waals surface area contributed by atoms with E-state index in [2.05, 4.69) is 10.3 Å². The van der Waals surface area contributed by atoms with Crippen molar-refractivity contribution in [1.29, 1.82) is 5.26 Å². The first kappa shape index (κ1) is 22.5. The molecule has 1 aliphatic heterocycles. The smallest absolute Gasteiger partial charge is 0.309 e. The van der Waals surface area contributed by atoms with Gasteiger partial charge in [0.05, 0.1) is 17.6 Å². The Balaban J connectivity index is 1.48. The lowest BCUT2D eigenvalue weighted by molar-refractivity contribution is -0.152. The number of amides is 1. The number of nitrogens with zero attached hydrogens (tertiary/aromatic N) is 4. The zero-order valence-corrected chi connectivity index (χ0v) is 18.1. The Bertz CT molecular complexity index is 1110. The van der Waals surface area contributed by atoms with Crippen LogP contribution in [0.15, 0.2) is 35.5 Å². The van der Waals surface area contributed by atoms with E-state index in [4.69, 9.17) is 10.00 Å². The molecular formula is C20H23N5O5S. The summed E-state index contributed by atoms with van der Waals surface area (Å²) in [5.74, 6) is -0.943. The molecule has 1 saturated heterocycles. The summed E-state index contributed by atoms with van der Waals surface area (Å²) < 4.78 is 33.5. The number of esters is 1. The molecule has 2 aromatic rings. The van der Waals surface area contributed by atoms with Gasteiger partial charge < -0.3 is 14.6 Å². The van der Waals surface area contributed by atoms with E-state index in [1.807, 2.05) is 6.07 Å². The summed E-state index contributed by atoms with van der Waals surface area (Å²) in [6.07, 6.45) is 2.07. The van der Waals surface area contributed by atoms with Crippen LogP contribution in [0.3, 0.4) is 0 Å². The Morgan fingerprint density at radius 2 is 2.03 bits per heavy atom. The number of aromatic nitrogens is 2. The van der Waals surface area contributed by atoms with Gasteiger partial charge in [-0.2, -0.15) is 9.57 Å². The molecule has 2 heterocycles. The number of benzene rings is 1. The number of carbonyl (C=O) groups is 2. The molecule has 10 nitrogen and oxygen atoms in total. The molecule has 1 amide bonds. The Kier molecular flexibility index (Phi) is 6.72. The van der Waals surface area contributed by atoms with Crippen LogP contribution in [0.25, 0.3) is 0 Å². The Hall–Kier alpha value is -3.23. The average Bonchev–Trinajstić information content (AvgIpc) is 3.11. The number of carbonyl (C=O) groups excluding carboxylic acids is 2. The van der Waals surface area contributed by atoms with E-state index in [0.717, 1.165) is 0 Å².